The molecule has 2 unspecified atom stereocenters. The summed E-state index contributed by atoms with van der Waals surface area (Å²) in [5, 5.41) is 48.3. The fourth-order valence-corrected chi connectivity index (χ4v) is 11.1. The highest BCUT2D eigenvalue weighted by molar-refractivity contribution is 9.11. The third kappa shape index (κ3) is 41.4. The van der Waals surface area contributed by atoms with Gasteiger partial charge in [0.1, 0.15) is 24.2 Å². The molecule has 0 aromatic heterocycles. The van der Waals surface area contributed by atoms with E-state index in [0.29, 0.717) is 68.5 Å². The number of carbonyl (C=O) groups excluding carboxylic acids is 7. The molecule has 0 aliphatic rings. The number of Topliss-reactive ketones (excluding diaryl/α,β-unsaturated/α-hetero) is 1. The Bertz CT molecular complexity index is 4970. The van der Waals surface area contributed by atoms with E-state index in [2.05, 4.69) is 78.4 Å². The van der Waals surface area contributed by atoms with E-state index in [1.54, 1.807) is 79.8 Å². The molecule has 0 radical (unpaired) electrons. The Hall–Kier alpha value is -7.66. The number of carbonyl (C=O) groups is 7. The predicted octanol–water partition coefficient (Wildman–Crippen LogP) is 25.7. The van der Waals surface area contributed by atoms with Crippen LogP contribution >= 0.6 is 141 Å². The van der Waals surface area contributed by atoms with E-state index in [9.17, 15) is 91.4 Å². The monoisotopic (exact) mass is 2170 g/mol. The maximum absolute atomic E-state index is 13.8. The number of aldehydes is 1. The van der Waals surface area contributed by atoms with Crippen molar-refractivity contribution in [3.63, 3.8) is 0 Å². The fraction of sp³-hybridized carbons (Fsp3) is 0.356. The predicted molar refractivity (Wildman–Crippen MR) is 479 cm³/mol. The SMILES string of the molecule is CCCCBr.CCOC(=O)C(=O)C(F)(F)c1ccc(Cl)c(C)c1.CCOC(=O)C(=O)OCC.CCOC(=O)C(F)(F)c1ccc(Cl)c(C)c1.CCOC(=O)C(O)C(F)(F)c1ccc(Cl)c(C)c1.COc1cc(Cl)c(C)cc1Br.Cc1cc(C(F)(F)C(O)C#N)ccc1Cl.Cc1cc(C(F)(F)C=O)ccc1Cl.Cc1cc(C(F)(F)CO)ccc1Cl.Oc1cc(Br)ccc1Cl. The van der Waals surface area contributed by atoms with E-state index in [4.69, 9.17) is 118 Å². The number of ketones is 1. The summed E-state index contributed by atoms with van der Waals surface area (Å²) >= 11 is 55.3. The van der Waals surface area contributed by atoms with Crippen LogP contribution in [0.25, 0.3) is 0 Å². The number of halogens is 23. The van der Waals surface area contributed by atoms with Crippen molar-refractivity contribution in [2.24, 2.45) is 0 Å². The quantitative estimate of drug-likeness (QED) is 0.00933. The molecule has 0 bridgehead atoms. The van der Waals surface area contributed by atoms with Crippen LogP contribution in [0.5, 0.6) is 11.5 Å². The maximum atomic E-state index is 13.8. The lowest BCUT2D eigenvalue weighted by atomic mass is 10.0. The third-order valence-corrected chi connectivity index (χ3v) is 20.7. The first-order valence-corrected chi connectivity index (χ1v) is 42.8. The van der Waals surface area contributed by atoms with Gasteiger partial charge < -0.3 is 48.8 Å². The van der Waals surface area contributed by atoms with Gasteiger partial charge in [-0.05, 0) is 241 Å². The number of aliphatic hydroxyl groups excluding tert-OH is 3. The van der Waals surface area contributed by atoms with Crippen molar-refractivity contribution >= 4 is 183 Å². The van der Waals surface area contributed by atoms with E-state index < -0.39 is 112 Å². The number of nitrogens with zero attached hydrogens (tertiary/aromatic N) is 1. The zero-order valence-corrected chi connectivity index (χ0v) is 81.4. The molecule has 4 N–H and O–H groups in total. The molecule has 0 heterocycles. The normalized spacial score (nSPS) is 11.3. The van der Waals surface area contributed by atoms with E-state index in [1.807, 2.05) is 13.0 Å². The molecule has 0 aliphatic heterocycles. The van der Waals surface area contributed by atoms with Crippen LogP contribution in [-0.2, 0) is 92.8 Å². The summed E-state index contributed by atoms with van der Waals surface area (Å²) in [6, 6.07) is 31.4. The van der Waals surface area contributed by atoms with Gasteiger partial charge in [-0.25, -0.2) is 24.0 Å². The van der Waals surface area contributed by atoms with Gasteiger partial charge in [0.25, 0.3) is 5.92 Å². The maximum Gasteiger partial charge on any atom is 0.417 e. The minimum atomic E-state index is -3.92. The van der Waals surface area contributed by atoms with Crippen LogP contribution in [0.4, 0.5) is 52.7 Å². The van der Waals surface area contributed by atoms with E-state index >= 15 is 0 Å². The number of benzene rings is 8. The van der Waals surface area contributed by atoms with Crippen LogP contribution < -0.4 is 4.74 Å². The van der Waals surface area contributed by atoms with Crippen LogP contribution in [0, 0.1) is 59.8 Å². The van der Waals surface area contributed by atoms with Gasteiger partial charge in [0, 0.05) is 84.4 Å². The summed E-state index contributed by atoms with van der Waals surface area (Å²) in [6.07, 6.45) is -2.66. The summed E-state index contributed by atoms with van der Waals surface area (Å²) in [6.45, 7) is 20.1. The Balaban J connectivity index is 0. The largest absolute Gasteiger partial charge is 0.506 e. The molecule has 0 saturated carbocycles. The molecule has 0 spiro atoms. The Morgan fingerprint density at radius 2 is 0.781 bits per heavy atom. The molecular formula is C87H90Br3Cl8F12NO17. The number of phenolic OH excluding ortho intramolecular Hbond substituents is 1. The van der Waals surface area contributed by atoms with Crippen LogP contribution in [0.1, 0.15) is 127 Å². The Labute approximate surface area is 798 Å². The lowest BCUT2D eigenvalue weighted by molar-refractivity contribution is -0.178. The van der Waals surface area contributed by atoms with E-state index in [0.717, 1.165) is 85.2 Å². The van der Waals surface area contributed by atoms with Gasteiger partial charge in [0.2, 0.25) is 12.2 Å². The van der Waals surface area contributed by atoms with Crippen LogP contribution in [0.2, 0.25) is 40.2 Å². The Morgan fingerprint density at radius 1 is 0.445 bits per heavy atom. The second-order valence-corrected chi connectivity index (χ2v) is 31.4. The fourth-order valence-electron chi connectivity index (χ4n) is 8.61. The van der Waals surface area contributed by atoms with E-state index in [1.165, 1.54) is 101 Å². The summed E-state index contributed by atoms with van der Waals surface area (Å²) in [5.74, 6) is -28.8. The number of esters is 5. The average molecular weight is 2170 g/mol. The zero-order valence-electron chi connectivity index (χ0n) is 70.6. The number of methoxy groups -OCH3 is 1. The number of nitriles is 1. The van der Waals surface area contributed by atoms with Gasteiger partial charge in [0.15, 0.2) is 6.29 Å². The molecule has 0 saturated heterocycles. The van der Waals surface area contributed by atoms with Crippen molar-refractivity contribution in [2.75, 3.05) is 52.1 Å². The van der Waals surface area contributed by atoms with Crippen molar-refractivity contribution in [3.8, 4) is 17.6 Å². The van der Waals surface area contributed by atoms with Crippen molar-refractivity contribution in [1.82, 2.24) is 0 Å². The van der Waals surface area contributed by atoms with Gasteiger partial charge in [-0.2, -0.15) is 57.9 Å². The number of rotatable bonds is 22. The van der Waals surface area contributed by atoms with Gasteiger partial charge in [-0.3, -0.25) is 9.59 Å². The van der Waals surface area contributed by atoms with Crippen LogP contribution in [0.3, 0.4) is 0 Å². The van der Waals surface area contributed by atoms with Crippen molar-refractivity contribution in [3.05, 3.63) is 261 Å². The first kappa shape index (κ1) is 122. The number of aliphatic hydroxyl groups is 3. The number of hydrogen-bond donors (Lipinski definition) is 4. The first-order valence-electron chi connectivity index (χ1n) is 37.1. The minimum absolute atomic E-state index is 0.0778. The molecule has 41 heteroatoms. The second kappa shape index (κ2) is 59.7. The molecule has 0 aliphatic carbocycles. The summed E-state index contributed by atoms with van der Waals surface area (Å²) in [4.78, 5) is 75.4. The highest BCUT2D eigenvalue weighted by Gasteiger charge is 2.48. The zero-order chi connectivity index (χ0) is 99.3. The molecule has 706 valence electrons. The lowest BCUT2D eigenvalue weighted by Gasteiger charge is -2.21. The summed E-state index contributed by atoms with van der Waals surface area (Å²) in [5.41, 5.74) is 1.50. The second-order valence-electron chi connectivity index (χ2n) is 25.6. The summed E-state index contributed by atoms with van der Waals surface area (Å²) < 4.78 is 189. The standard InChI is InChI=1S/C12H13ClF2O3.C12H11ClF2O3.C11H11ClF2O2.C10H8ClF2NO.C9H9ClF2O.C9H7ClF2O.C8H8BrClO.C6H4BrClO.C6H10O4.C4H9Br/c2*1-3-18-11(17)10(16)12(14,15)8-4-5-9(13)7(2)6-8;1-3-16-10(15)11(13,14)8-4-5-9(12)7(2)6-8;1-6-4-7(2-3-8(6)11)10(12,13)9(15)5-14;2*1-6-4-7(2-3-8(6)10)9(11,12)5-13;1-5-3-6(9)8(11-2)4-7(5)10;7-4-1-2-5(8)6(9)3-4;1-3-9-5(7)6(8)10-4-2;1-2-3-4-5/h4-6,10,16H,3H2,1-2H3;4-6H,3H2,1-2H3;4-6H,3H2,1-2H3;2-4,9,15H,1H3;2-4,13H,5H2,1H3;2-5H,1H3;3-4H,1-2H3;1-3,9H;3-4H2,1-2H3;2-4H2,1H3. The average Bonchev–Trinajstić information content (AvgIpc) is 0.740. The molecule has 128 heavy (non-hydrogen) atoms. The lowest BCUT2D eigenvalue weighted by Crippen LogP contribution is -2.39. The molecule has 2 atom stereocenters. The third-order valence-electron chi connectivity index (χ3n) is 15.7. The molecule has 0 amide bonds. The first-order chi connectivity index (χ1) is 59.3. The molecule has 18 nitrogen and oxygen atoms in total. The van der Waals surface area contributed by atoms with Gasteiger partial charge in [0.05, 0.1) is 49.6 Å². The number of ether oxygens (including phenoxy) is 6. The van der Waals surface area contributed by atoms with Gasteiger partial charge >= 0.3 is 65.2 Å². The van der Waals surface area contributed by atoms with Gasteiger partial charge in [-0.15, -0.1) is 0 Å². The van der Waals surface area contributed by atoms with Crippen molar-refractivity contribution in [2.45, 2.75) is 151 Å². The van der Waals surface area contributed by atoms with Crippen LogP contribution in [-0.4, -0.2) is 127 Å². The number of aromatic hydroxyl groups is 1. The minimum Gasteiger partial charge on any atom is -0.506 e. The molecular weight excluding hydrogens is 2080 g/mol. The molecule has 8 aromatic carbocycles. The number of aryl methyl sites for hydroxylation is 7. The highest BCUT2D eigenvalue weighted by Crippen LogP contribution is 2.39. The topological polar surface area (TPSA) is 280 Å². The number of alkyl halides is 13. The number of phenols is 1. The Morgan fingerprint density at radius 3 is 1.12 bits per heavy atom. The highest BCUT2D eigenvalue weighted by atomic mass is 79.9. The molecule has 8 rings (SSSR count). The smallest absolute Gasteiger partial charge is 0.417 e. The van der Waals surface area contributed by atoms with Gasteiger partial charge in [-0.1, -0.05) is 174 Å². The van der Waals surface area contributed by atoms with Crippen molar-refractivity contribution in [1.29, 1.82) is 5.26 Å². The number of unbranched alkanes of at least 4 members (excludes halogenated alkanes) is 1. The van der Waals surface area contributed by atoms with E-state index in [-0.39, 0.29) is 56.2 Å². The van der Waals surface area contributed by atoms with Crippen molar-refractivity contribution < 1.29 is 135 Å². The number of hydrogen-bond acceptors (Lipinski definition) is 18. The molecule has 8 aromatic rings. The molecule has 0 fully saturated rings. The Kier molecular flexibility index (Phi) is 57.1. The summed E-state index contributed by atoms with van der Waals surface area (Å²) in [7, 11) is 1.62. The van der Waals surface area contributed by atoms with Crippen LogP contribution in [0.15, 0.2) is 148 Å².